The first-order valence-electron chi connectivity index (χ1n) is 5.67. The molecule has 0 spiro atoms. The van der Waals surface area contributed by atoms with Crippen LogP contribution in [0.15, 0.2) is 40.9 Å². The molecular formula is C15H12BrClO2. The minimum atomic E-state index is -0.0525. The van der Waals surface area contributed by atoms with Crippen LogP contribution in [0, 0.1) is 6.92 Å². The minimum absolute atomic E-state index is 0.0525. The molecule has 0 aliphatic heterocycles. The number of rotatable bonds is 3. The maximum atomic E-state index is 12.5. The Hall–Kier alpha value is -1.32. The summed E-state index contributed by atoms with van der Waals surface area (Å²) in [6.45, 7) is 1.89. The summed E-state index contributed by atoms with van der Waals surface area (Å²) < 4.78 is 5.90. The molecule has 2 aromatic carbocycles. The first kappa shape index (κ1) is 14.1. The molecule has 0 bridgehead atoms. The van der Waals surface area contributed by atoms with Crippen molar-refractivity contribution < 1.29 is 9.53 Å². The monoisotopic (exact) mass is 338 g/mol. The highest BCUT2D eigenvalue weighted by Gasteiger charge is 2.14. The van der Waals surface area contributed by atoms with Crippen molar-refractivity contribution in [3.63, 3.8) is 0 Å². The Morgan fingerprint density at radius 2 is 1.95 bits per heavy atom. The van der Waals surface area contributed by atoms with E-state index in [1.54, 1.807) is 37.4 Å². The Morgan fingerprint density at radius 1 is 1.21 bits per heavy atom. The van der Waals surface area contributed by atoms with Gasteiger partial charge in [-0.15, -0.1) is 0 Å². The van der Waals surface area contributed by atoms with Gasteiger partial charge in [-0.2, -0.15) is 0 Å². The van der Waals surface area contributed by atoms with E-state index in [1.165, 1.54) is 0 Å². The summed E-state index contributed by atoms with van der Waals surface area (Å²) in [4.78, 5) is 12.5. The van der Waals surface area contributed by atoms with Gasteiger partial charge >= 0.3 is 0 Å². The fourth-order valence-electron chi connectivity index (χ4n) is 1.80. The summed E-state index contributed by atoms with van der Waals surface area (Å²) in [6, 6.07) is 10.6. The second-order valence-corrected chi connectivity index (χ2v) is 5.43. The lowest BCUT2D eigenvalue weighted by molar-refractivity contribution is 0.103. The van der Waals surface area contributed by atoms with E-state index in [9.17, 15) is 4.79 Å². The normalized spacial score (nSPS) is 10.3. The van der Waals surface area contributed by atoms with Crippen molar-refractivity contribution in [2.45, 2.75) is 6.92 Å². The van der Waals surface area contributed by atoms with Crippen molar-refractivity contribution in [3.05, 3.63) is 62.6 Å². The molecule has 2 aromatic rings. The van der Waals surface area contributed by atoms with Crippen LogP contribution in [0.25, 0.3) is 0 Å². The van der Waals surface area contributed by atoms with E-state index in [0.717, 1.165) is 10.0 Å². The average Bonchev–Trinajstić information content (AvgIpc) is 2.40. The number of methoxy groups -OCH3 is 1. The molecule has 0 amide bonds. The summed E-state index contributed by atoms with van der Waals surface area (Å²) in [5, 5.41) is 0.557. The van der Waals surface area contributed by atoms with Crippen LogP contribution in [-0.2, 0) is 0 Å². The van der Waals surface area contributed by atoms with Gasteiger partial charge in [0.25, 0.3) is 0 Å². The largest absolute Gasteiger partial charge is 0.496 e. The third kappa shape index (κ3) is 2.99. The molecule has 0 unspecified atom stereocenters. The second-order valence-electron chi connectivity index (χ2n) is 4.14. The topological polar surface area (TPSA) is 26.3 Å². The van der Waals surface area contributed by atoms with Crippen LogP contribution in [0.5, 0.6) is 5.75 Å². The zero-order valence-electron chi connectivity index (χ0n) is 10.5. The van der Waals surface area contributed by atoms with Gasteiger partial charge in [-0.25, -0.2) is 0 Å². The fraction of sp³-hybridized carbons (Fsp3) is 0.133. The average molecular weight is 340 g/mol. The van der Waals surface area contributed by atoms with Gasteiger partial charge in [-0.05, 0) is 58.7 Å². The first-order chi connectivity index (χ1) is 9.02. The highest BCUT2D eigenvalue weighted by molar-refractivity contribution is 9.10. The SMILES string of the molecule is COc1ccc(C(=O)c2cc(Cl)ccc2C)cc1Br. The molecule has 0 saturated carbocycles. The molecule has 0 heterocycles. The van der Waals surface area contributed by atoms with E-state index in [1.807, 2.05) is 13.0 Å². The Morgan fingerprint density at radius 3 is 2.58 bits per heavy atom. The van der Waals surface area contributed by atoms with E-state index >= 15 is 0 Å². The van der Waals surface area contributed by atoms with Gasteiger partial charge in [0, 0.05) is 16.1 Å². The summed E-state index contributed by atoms with van der Waals surface area (Å²) in [5.41, 5.74) is 2.11. The number of benzene rings is 2. The van der Waals surface area contributed by atoms with E-state index in [4.69, 9.17) is 16.3 Å². The number of ketones is 1. The van der Waals surface area contributed by atoms with Crippen LogP contribution in [0.2, 0.25) is 5.02 Å². The van der Waals surface area contributed by atoms with E-state index in [0.29, 0.717) is 21.9 Å². The molecule has 4 heteroatoms. The Bertz CT molecular complexity index is 638. The maximum absolute atomic E-state index is 12.5. The second kappa shape index (κ2) is 5.76. The lowest BCUT2D eigenvalue weighted by atomic mass is 9.99. The third-order valence-corrected chi connectivity index (χ3v) is 3.71. The standard InChI is InChI=1S/C15H12BrClO2/c1-9-3-5-11(17)8-12(9)15(18)10-4-6-14(19-2)13(16)7-10/h3-8H,1-2H3. The van der Waals surface area contributed by atoms with Gasteiger partial charge in [-0.1, -0.05) is 17.7 Å². The van der Waals surface area contributed by atoms with Gasteiger partial charge in [-0.3, -0.25) is 4.79 Å². The molecule has 0 aliphatic carbocycles. The lowest BCUT2D eigenvalue weighted by Gasteiger charge is -2.08. The quantitative estimate of drug-likeness (QED) is 0.761. The van der Waals surface area contributed by atoms with Crippen LogP contribution in [0.4, 0.5) is 0 Å². The first-order valence-corrected chi connectivity index (χ1v) is 6.84. The maximum Gasteiger partial charge on any atom is 0.193 e. The van der Waals surface area contributed by atoms with Crippen molar-refractivity contribution >= 4 is 33.3 Å². The Labute approximate surface area is 125 Å². The van der Waals surface area contributed by atoms with Crippen molar-refractivity contribution in [3.8, 4) is 5.75 Å². The highest BCUT2D eigenvalue weighted by atomic mass is 79.9. The Kier molecular flexibility index (Phi) is 4.27. The molecule has 0 aliphatic rings. The van der Waals surface area contributed by atoms with Crippen molar-refractivity contribution in [1.29, 1.82) is 0 Å². The van der Waals surface area contributed by atoms with Crippen LogP contribution in [0.1, 0.15) is 21.5 Å². The molecule has 19 heavy (non-hydrogen) atoms. The molecule has 2 nitrogen and oxygen atoms in total. The van der Waals surface area contributed by atoms with Gasteiger partial charge in [0.15, 0.2) is 5.78 Å². The van der Waals surface area contributed by atoms with Gasteiger partial charge in [0.05, 0.1) is 11.6 Å². The molecule has 0 radical (unpaired) electrons. The molecule has 0 aromatic heterocycles. The number of halogens is 2. The molecule has 0 fully saturated rings. The minimum Gasteiger partial charge on any atom is -0.496 e. The number of carbonyl (C=O) groups is 1. The Balaban J connectivity index is 2.44. The summed E-state index contributed by atoms with van der Waals surface area (Å²) in [6.07, 6.45) is 0. The van der Waals surface area contributed by atoms with Gasteiger partial charge in [0.1, 0.15) is 5.75 Å². The van der Waals surface area contributed by atoms with Crippen LogP contribution in [-0.4, -0.2) is 12.9 Å². The number of aryl methyl sites for hydroxylation is 1. The molecule has 98 valence electrons. The molecule has 0 saturated heterocycles. The molecule has 0 atom stereocenters. The predicted molar refractivity (Wildman–Crippen MR) is 80.3 cm³/mol. The summed E-state index contributed by atoms with van der Waals surface area (Å²) in [7, 11) is 1.59. The summed E-state index contributed by atoms with van der Waals surface area (Å²) in [5.74, 6) is 0.641. The van der Waals surface area contributed by atoms with Crippen molar-refractivity contribution in [1.82, 2.24) is 0 Å². The number of carbonyl (C=O) groups excluding carboxylic acids is 1. The zero-order chi connectivity index (χ0) is 14.0. The van der Waals surface area contributed by atoms with Crippen molar-refractivity contribution in [2.24, 2.45) is 0 Å². The van der Waals surface area contributed by atoms with Crippen molar-refractivity contribution in [2.75, 3.05) is 7.11 Å². The van der Waals surface area contributed by atoms with Gasteiger partial charge in [0.2, 0.25) is 0 Å². The fourth-order valence-corrected chi connectivity index (χ4v) is 2.51. The van der Waals surface area contributed by atoms with Crippen LogP contribution in [0.3, 0.4) is 0 Å². The third-order valence-electron chi connectivity index (χ3n) is 2.86. The summed E-state index contributed by atoms with van der Waals surface area (Å²) >= 11 is 9.32. The van der Waals surface area contributed by atoms with E-state index < -0.39 is 0 Å². The highest BCUT2D eigenvalue weighted by Crippen LogP contribution is 2.27. The smallest absolute Gasteiger partial charge is 0.193 e. The number of hydrogen-bond donors (Lipinski definition) is 0. The number of hydrogen-bond acceptors (Lipinski definition) is 2. The van der Waals surface area contributed by atoms with Crippen LogP contribution < -0.4 is 4.74 Å². The van der Waals surface area contributed by atoms with E-state index in [2.05, 4.69) is 15.9 Å². The zero-order valence-corrected chi connectivity index (χ0v) is 12.9. The molecule has 0 N–H and O–H groups in total. The molecular weight excluding hydrogens is 328 g/mol. The lowest BCUT2D eigenvalue weighted by Crippen LogP contribution is -2.04. The van der Waals surface area contributed by atoms with E-state index in [-0.39, 0.29) is 5.78 Å². The number of ether oxygens (including phenoxy) is 1. The predicted octanol–water partition coefficient (Wildman–Crippen LogP) is 4.65. The van der Waals surface area contributed by atoms with Crippen LogP contribution >= 0.6 is 27.5 Å². The molecule has 2 rings (SSSR count). The van der Waals surface area contributed by atoms with Gasteiger partial charge < -0.3 is 4.74 Å².